The second-order valence-electron chi connectivity index (χ2n) is 6.01. The number of hydrogen-bond donors (Lipinski definition) is 2. The van der Waals surface area contributed by atoms with E-state index in [0.717, 1.165) is 28.3 Å². The summed E-state index contributed by atoms with van der Waals surface area (Å²) < 4.78 is 0. The van der Waals surface area contributed by atoms with Crippen LogP contribution >= 0.6 is 23.1 Å². The average Bonchev–Trinajstić information content (AvgIpc) is 3.25. The molecule has 144 valence electrons. The summed E-state index contributed by atoms with van der Waals surface area (Å²) in [5.74, 6) is 0.185. The number of amides is 2. The molecule has 0 atom stereocenters. The predicted molar refractivity (Wildman–Crippen MR) is 115 cm³/mol. The van der Waals surface area contributed by atoms with Crippen molar-refractivity contribution in [3.63, 3.8) is 0 Å². The zero-order chi connectivity index (χ0) is 19.8. The van der Waals surface area contributed by atoms with Crippen LogP contribution in [0.25, 0.3) is 0 Å². The van der Waals surface area contributed by atoms with E-state index >= 15 is 0 Å². The van der Waals surface area contributed by atoms with Crippen LogP contribution in [0.5, 0.6) is 0 Å². The van der Waals surface area contributed by atoms with E-state index in [1.165, 1.54) is 0 Å². The Balaban J connectivity index is 1.58. The largest absolute Gasteiger partial charge is 0.343 e. The van der Waals surface area contributed by atoms with Crippen molar-refractivity contribution in [1.82, 2.24) is 10.3 Å². The highest BCUT2D eigenvalue weighted by atomic mass is 32.2. The van der Waals surface area contributed by atoms with Crippen molar-refractivity contribution in [2.24, 2.45) is 0 Å². The molecule has 28 heavy (non-hydrogen) atoms. The van der Waals surface area contributed by atoms with Gasteiger partial charge in [0, 0.05) is 21.7 Å². The third-order valence-corrected chi connectivity index (χ3v) is 5.81. The van der Waals surface area contributed by atoms with Crippen molar-refractivity contribution in [2.75, 3.05) is 11.9 Å². The van der Waals surface area contributed by atoms with E-state index in [1.807, 2.05) is 54.8 Å². The van der Waals surface area contributed by atoms with Crippen LogP contribution in [0.4, 0.5) is 5.69 Å². The summed E-state index contributed by atoms with van der Waals surface area (Å²) in [6.07, 6.45) is 0.826. The highest BCUT2D eigenvalue weighted by Gasteiger charge is 2.13. The van der Waals surface area contributed by atoms with Gasteiger partial charge in [-0.25, -0.2) is 4.98 Å². The van der Waals surface area contributed by atoms with Crippen LogP contribution < -0.4 is 10.6 Å². The molecule has 1 aromatic heterocycles. The van der Waals surface area contributed by atoms with E-state index in [1.54, 1.807) is 34.7 Å². The number of nitrogens with zero attached hydrogens (tertiary/aromatic N) is 1. The summed E-state index contributed by atoms with van der Waals surface area (Å²) in [6, 6.07) is 15.0. The molecule has 3 aromatic rings. The molecule has 3 rings (SSSR count). The van der Waals surface area contributed by atoms with Crippen LogP contribution in [0.2, 0.25) is 0 Å². The lowest BCUT2D eigenvalue weighted by Crippen LogP contribution is -2.33. The smallest absolute Gasteiger partial charge is 0.252 e. The molecule has 0 saturated heterocycles. The van der Waals surface area contributed by atoms with E-state index in [4.69, 9.17) is 0 Å². The predicted octanol–water partition coefficient (Wildman–Crippen LogP) is 4.37. The lowest BCUT2D eigenvalue weighted by atomic mass is 10.1. The van der Waals surface area contributed by atoms with Gasteiger partial charge in [0.15, 0.2) is 0 Å². The number of thioether (sulfide) groups is 1. The minimum absolute atomic E-state index is 0.0814. The van der Waals surface area contributed by atoms with Gasteiger partial charge in [0.1, 0.15) is 0 Å². The summed E-state index contributed by atoms with van der Waals surface area (Å²) in [4.78, 5) is 30.0. The molecule has 2 amide bonds. The average molecular weight is 412 g/mol. The number of rotatable bonds is 8. The van der Waals surface area contributed by atoms with Gasteiger partial charge in [-0.2, -0.15) is 0 Å². The SMILES string of the molecule is CCc1ccccc1NC(=O)CNC(=O)c1ccccc1SCc1cscn1. The Morgan fingerprint density at radius 1 is 1.11 bits per heavy atom. The maximum atomic E-state index is 12.6. The van der Waals surface area contributed by atoms with Gasteiger partial charge in [0.2, 0.25) is 5.91 Å². The zero-order valence-electron chi connectivity index (χ0n) is 15.5. The Kier molecular flexibility index (Phi) is 7.22. The van der Waals surface area contributed by atoms with Gasteiger partial charge < -0.3 is 10.6 Å². The first-order valence-electron chi connectivity index (χ1n) is 8.92. The van der Waals surface area contributed by atoms with E-state index in [9.17, 15) is 9.59 Å². The first kappa shape index (κ1) is 20.1. The number of nitrogens with one attached hydrogen (secondary N) is 2. The lowest BCUT2D eigenvalue weighted by molar-refractivity contribution is -0.115. The summed E-state index contributed by atoms with van der Waals surface area (Å²) in [7, 11) is 0. The first-order chi connectivity index (χ1) is 13.7. The highest BCUT2D eigenvalue weighted by Crippen LogP contribution is 2.26. The van der Waals surface area contributed by atoms with Crippen molar-refractivity contribution in [2.45, 2.75) is 24.0 Å². The minimum Gasteiger partial charge on any atom is -0.343 e. The number of carbonyl (C=O) groups excluding carboxylic acids is 2. The fraction of sp³-hybridized carbons (Fsp3) is 0.190. The number of para-hydroxylation sites is 1. The minimum atomic E-state index is -0.264. The number of hydrogen-bond acceptors (Lipinski definition) is 5. The van der Waals surface area contributed by atoms with Gasteiger partial charge in [0.25, 0.3) is 5.91 Å². The van der Waals surface area contributed by atoms with Gasteiger partial charge in [0.05, 0.1) is 23.3 Å². The molecule has 0 aliphatic heterocycles. The third kappa shape index (κ3) is 5.43. The van der Waals surface area contributed by atoms with Crippen LogP contribution in [0, 0.1) is 0 Å². The van der Waals surface area contributed by atoms with Crippen LogP contribution in [0.1, 0.15) is 28.5 Å². The third-order valence-electron chi connectivity index (χ3n) is 4.07. The maximum absolute atomic E-state index is 12.6. The van der Waals surface area contributed by atoms with Crippen molar-refractivity contribution in [3.05, 3.63) is 76.2 Å². The highest BCUT2D eigenvalue weighted by molar-refractivity contribution is 7.98. The number of anilines is 1. The molecule has 0 fully saturated rings. The van der Waals surface area contributed by atoms with Gasteiger partial charge in [-0.05, 0) is 30.2 Å². The normalized spacial score (nSPS) is 10.5. The number of thiazole rings is 1. The number of benzene rings is 2. The molecule has 5 nitrogen and oxygen atoms in total. The molecule has 1 heterocycles. The van der Waals surface area contributed by atoms with Crippen LogP contribution in [0.15, 0.2) is 64.3 Å². The van der Waals surface area contributed by atoms with Gasteiger partial charge in [-0.1, -0.05) is 37.3 Å². The number of carbonyl (C=O) groups is 2. The maximum Gasteiger partial charge on any atom is 0.252 e. The van der Waals surface area contributed by atoms with Gasteiger partial charge >= 0.3 is 0 Å². The molecular weight excluding hydrogens is 390 g/mol. The summed E-state index contributed by atoms with van der Waals surface area (Å²) in [5.41, 5.74) is 5.18. The molecule has 0 unspecified atom stereocenters. The van der Waals surface area contributed by atoms with Crippen molar-refractivity contribution in [1.29, 1.82) is 0 Å². The topological polar surface area (TPSA) is 71.1 Å². The summed E-state index contributed by atoms with van der Waals surface area (Å²) in [5, 5.41) is 7.57. The van der Waals surface area contributed by atoms with Gasteiger partial charge in [-0.15, -0.1) is 23.1 Å². The molecule has 0 aliphatic rings. The summed E-state index contributed by atoms with van der Waals surface area (Å²) >= 11 is 3.11. The van der Waals surface area contributed by atoms with Gasteiger partial charge in [-0.3, -0.25) is 9.59 Å². The zero-order valence-corrected chi connectivity index (χ0v) is 17.1. The van der Waals surface area contributed by atoms with Crippen molar-refractivity contribution < 1.29 is 9.59 Å². The standard InChI is InChI=1S/C21H21N3O2S2/c1-2-15-7-3-5-9-18(15)24-20(25)11-22-21(26)17-8-4-6-10-19(17)28-13-16-12-27-14-23-16/h3-10,12,14H,2,11,13H2,1H3,(H,22,26)(H,24,25). The van der Waals surface area contributed by atoms with E-state index in [2.05, 4.69) is 15.6 Å². The molecule has 0 bridgehead atoms. The second-order valence-corrected chi connectivity index (χ2v) is 7.74. The second kappa shape index (κ2) is 10.1. The lowest BCUT2D eigenvalue weighted by Gasteiger charge is -2.11. The Morgan fingerprint density at radius 3 is 2.68 bits per heavy atom. The summed E-state index contributed by atoms with van der Waals surface area (Å²) in [6.45, 7) is 1.95. The van der Waals surface area contributed by atoms with Crippen LogP contribution in [-0.2, 0) is 17.0 Å². The Bertz CT molecular complexity index is 942. The van der Waals surface area contributed by atoms with Crippen molar-refractivity contribution in [3.8, 4) is 0 Å². The molecule has 0 aliphatic carbocycles. The molecule has 7 heteroatoms. The molecule has 0 spiro atoms. The molecule has 0 saturated carbocycles. The Hall–Kier alpha value is -2.64. The Morgan fingerprint density at radius 2 is 1.89 bits per heavy atom. The number of aryl methyl sites for hydroxylation is 1. The van der Waals surface area contributed by atoms with E-state index in [-0.39, 0.29) is 18.4 Å². The van der Waals surface area contributed by atoms with Crippen LogP contribution in [-0.4, -0.2) is 23.3 Å². The van der Waals surface area contributed by atoms with Crippen LogP contribution in [0.3, 0.4) is 0 Å². The van der Waals surface area contributed by atoms with E-state index in [0.29, 0.717) is 11.3 Å². The first-order valence-corrected chi connectivity index (χ1v) is 10.8. The fourth-order valence-electron chi connectivity index (χ4n) is 2.64. The Labute approximate surface area is 172 Å². The van der Waals surface area contributed by atoms with E-state index < -0.39 is 0 Å². The van der Waals surface area contributed by atoms with Crippen molar-refractivity contribution >= 4 is 40.6 Å². The molecule has 2 aromatic carbocycles. The fourth-order valence-corrected chi connectivity index (χ4v) is 4.26. The quantitative estimate of drug-likeness (QED) is 0.540. The molecule has 2 N–H and O–H groups in total. The monoisotopic (exact) mass is 411 g/mol. The molecular formula is C21H21N3O2S2. The number of aromatic nitrogens is 1. The molecule has 0 radical (unpaired) electrons.